The first-order valence-electron chi connectivity index (χ1n) is 17.4. The van der Waals surface area contributed by atoms with Crippen LogP contribution in [0.4, 0.5) is 5.69 Å². The molecule has 1 fully saturated rings. The van der Waals surface area contributed by atoms with Crippen molar-refractivity contribution in [1.82, 2.24) is 9.10 Å². The number of aryl methyl sites for hydroxylation is 3. The zero-order chi connectivity index (χ0) is 34.3. The minimum absolute atomic E-state index is 0.0171. The van der Waals surface area contributed by atoms with Crippen LogP contribution in [0.2, 0.25) is 0 Å². The Balaban J connectivity index is 1.31. The number of anilines is 1. The molecule has 7 rings (SSSR count). The minimum atomic E-state index is -3.50. The van der Waals surface area contributed by atoms with Crippen molar-refractivity contribution in [1.29, 1.82) is 0 Å². The van der Waals surface area contributed by atoms with Gasteiger partial charge in [0.1, 0.15) is 21.4 Å². The monoisotopic (exact) mass is 702 g/mol. The molecule has 11 heteroatoms. The molecule has 2 aromatic carbocycles. The summed E-state index contributed by atoms with van der Waals surface area (Å²) in [6.07, 6.45) is 10.2. The van der Waals surface area contributed by atoms with Gasteiger partial charge >= 0.3 is 0 Å². The first kappa shape index (κ1) is 33.9. The zero-order valence-corrected chi connectivity index (χ0v) is 30.4. The normalized spacial score (nSPS) is 30.5. The Kier molecular flexibility index (Phi) is 9.45. The summed E-state index contributed by atoms with van der Waals surface area (Å²) in [6, 6.07) is 13.9. The molecule has 1 N–H and O–H groups in total. The number of benzene rings is 2. The van der Waals surface area contributed by atoms with Crippen molar-refractivity contribution in [3.63, 3.8) is 0 Å². The van der Waals surface area contributed by atoms with E-state index in [9.17, 15) is 13.8 Å². The first-order chi connectivity index (χ1) is 23.5. The topological polar surface area (TPSA) is 110 Å². The Hall–Kier alpha value is -3.54. The van der Waals surface area contributed by atoms with E-state index in [0.717, 1.165) is 61.5 Å². The van der Waals surface area contributed by atoms with Crippen molar-refractivity contribution in [2.24, 2.45) is 22.1 Å². The number of hydrogen-bond donors (Lipinski definition) is 1. The van der Waals surface area contributed by atoms with E-state index >= 15 is 0 Å². The maximum Gasteiger partial charge on any atom is 0.286 e. The summed E-state index contributed by atoms with van der Waals surface area (Å²) in [5, 5.41) is 0. The molecule has 9 nitrogen and oxygen atoms in total. The maximum atomic E-state index is 14.4. The van der Waals surface area contributed by atoms with Crippen LogP contribution in [0.1, 0.15) is 81.4 Å². The minimum Gasteiger partial charge on any atom is -0.490 e. The van der Waals surface area contributed by atoms with Gasteiger partial charge in [-0.15, -0.1) is 4.36 Å². The van der Waals surface area contributed by atoms with E-state index in [-0.39, 0.29) is 28.9 Å². The van der Waals surface area contributed by atoms with Gasteiger partial charge in [-0.1, -0.05) is 42.8 Å². The van der Waals surface area contributed by atoms with E-state index in [0.29, 0.717) is 30.4 Å². The molecule has 0 radical (unpaired) electrons. The standard InChI is InChI=1S/C38H46N4O5S2/c1-24-10-14-31-27(17-24)8-6-16-38(31)22-42-20-29-11-13-30(29)34(46-4)9-5-7-25(2)21-49(45,41-37(44)32-18-26(3)48-39-32)40-36(43)28-12-15-35(47-23-38)33(42)19-28/h5,9-10,12,14-15,17-19,25,29-30,34H,6-8,11,13,16,20-23H2,1-4H3,(H,40,41,43,44,45)/b9-5+/t25-,29-,30+,34-,38-,49?/m0/s1. The summed E-state index contributed by atoms with van der Waals surface area (Å²) in [5.41, 5.74) is 5.16. The predicted molar refractivity (Wildman–Crippen MR) is 194 cm³/mol. The highest BCUT2D eigenvalue weighted by Gasteiger charge is 2.44. The number of methoxy groups -OCH3 is 1. The Morgan fingerprint density at radius 2 is 2.02 bits per heavy atom. The van der Waals surface area contributed by atoms with Crippen LogP contribution in [0, 0.1) is 31.6 Å². The lowest BCUT2D eigenvalue weighted by molar-refractivity contribution is 0.0131. The van der Waals surface area contributed by atoms with E-state index in [1.54, 1.807) is 19.2 Å². The molecular formula is C38H46N4O5S2. The molecule has 260 valence electrons. The second kappa shape index (κ2) is 13.6. The molecular weight excluding hydrogens is 657 g/mol. The van der Waals surface area contributed by atoms with E-state index < -0.39 is 21.7 Å². The van der Waals surface area contributed by atoms with Crippen LogP contribution in [0.5, 0.6) is 5.75 Å². The first-order valence-corrected chi connectivity index (χ1v) is 19.9. The molecule has 3 heterocycles. The van der Waals surface area contributed by atoms with Gasteiger partial charge in [0.25, 0.3) is 11.8 Å². The fraction of sp³-hybridized carbons (Fsp3) is 0.500. The van der Waals surface area contributed by atoms with Gasteiger partial charge < -0.3 is 14.4 Å². The molecule has 2 bridgehead atoms. The van der Waals surface area contributed by atoms with Crippen LogP contribution in [0.15, 0.2) is 59.0 Å². The maximum absolute atomic E-state index is 14.4. The van der Waals surface area contributed by atoms with Crippen molar-refractivity contribution in [3.05, 3.63) is 87.4 Å². The molecule has 2 aliphatic carbocycles. The molecule has 49 heavy (non-hydrogen) atoms. The van der Waals surface area contributed by atoms with Gasteiger partial charge in [-0.2, -0.15) is 4.37 Å². The average molecular weight is 703 g/mol. The molecule has 6 atom stereocenters. The van der Waals surface area contributed by atoms with Crippen molar-refractivity contribution in [2.45, 2.75) is 70.8 Å². The van der Waals surface area contributed by atoms with Crippen LogP contribution in [-0.2, 0) is 26.5 Å². The van der Waals surface area contributed by atoms with Crippen LogP contribution in [0.25, 0.3) is 0 Å². The van der Waals surface area contributed by atoms with Crippen molar-refractivity contribution >= 4 is 38.9 Å². The number of nitrogens with one attached hydrogen (secondary N) is 1. The van der Waals surface area contributed by atoms with Crippen molar-refractivity contribution < 1.29 is 23.3 Å². The smallest absolute Gasteiger partial charge is 0.286 e. The zero-order valence-electron chi connectivity index (χ0n) is 28.8. The molecule has 2 aliphatic heterocycles. The second-order valence-electron chi connectivity index (χ2n) is 14.6. The highest BCUT2D eigenvalue weighted by molar-refractivity contribution is 7.92. The van der Waals surface area contributed by atoms with Gasteiger partial charge in [0.15, 0.2) is 0 Å². The molecule has 0 saturated heterocycles. The van der Waals surface area contributed by atoms with Gasteiger partial charge in [0.2, 0.25) is 0 Å². The third-order valence-electron chi connectivity index (χ3n) is 10.8. The number of carbonyl (C=O) groups excluding carboxylic acids is 2. The average Bonchev–Trinajstić information content (AvgIpc) is 3.43. The molecule has 1 aromatic heterocycles. The summed E-state index contributed by atoms with van der Waals surface area (Å²) >= 11 is 1.19. The molecule has 2 amide bonds. The molecule has 1 spiro atoms. The largest absolute Gasteiger partial charge is 0.490 e. The fourth-order valence-electron chi connectivity index (χ4n) is 8.20. The number of fused-ring (bicyclic) bond motifs is 4. The summed E-state index contributed by atoms with van der Waals surface area (Å²) in [5.74, 6) is 0.159. The fourth-order valence-corrected chi connectivity index (χ4v) is 10.6. The quantitative estimate of drug-likeness (QED) is 0.298. The highest BCUT2D eigenvalue weighted by atomic mass is 32.2. The van der Waals surface area contributed by atoms with E-state index in [4.69, 9.17) is 9.47 Å². The third-order valence-corrected chi connectivity index (χ3v) is 13.5. The lowest BCUT2D eigenvalue weighted by atomic mass is 9.68. The van der Waals surface area contributed by atoms with Gasteiger partial charge in [-0.05, 0) is 117 Å². The number of aromatic nitrogens is 1. The number of ether oxygens (including phenoxy) is 2. The third kappa shape index (κ3) is 6.94. The summed E-state index contributed by atoms with van der Waals surface area (Å²) in [6.45, 7) is 8.08. The number of amides is 2. The van der Waals surface area contributed by atoms with Gasteiger partial charge in [0, 0.05) is 36.1 Å². The Labute approximate surface area is 294 Å². The predicted octanol–water partition coefficient (Wildman–Crippen LogP) is 6.82. The number of allylic oxidation sites excluding steroid dienone is 1. The lowest BCUT2D eigenvalue weighted by Gasteiger charge is -2.46. The Morgan fingerprint density at radius 3 is 2.78 bits per heavy atom. The summed E-state index contributed by atoms with van der Waals surface area (Å²) in [4.78, 5) is 30.4. The number of rotatable bonds is 3. The van der Waals surface area contributed by atoms with E-state index in [1.807, 2.05) is 26.0 Å². The molecule has 3 aromatic rings. The van der Waals surface area contributed by atoms with Gasteiger partial charge in [-0.25, -0.2) is 4.21 Å². The Bertz CT molecular complexity index is 1910. The number of carbonyl (C=O) groups is 2. The number of hydrogen-bond acceptors (Lipinski definition) is 8. The second-order valence-corrected chi connectivity index (χ2v) is 17.6. The molecule has 1 unspecified atom stereocenters. The Morgan fingerprint density at radius 1 is 1.16 bits per heavy atom. The van der Waals surface area contributed by atoms with Crippen LogP contribution in [0.3, 0.4) is 0 Å². The van der Waals surface area contributed by atoms with E-state index in [2.05, 4.69) is 55.6 Å². The van der Waals surface area contributed by atoms with Crippen molar-refractivity contribution in [2.75, 3.05) is 37.5 Å². The van der Waals surface area contributed by atoms with E-state index in [1.165, 1.54) is 28.2 Å². The number of nitrogens with zero attached hydrogens (tertiary/aromatic N) is 3. The van der Waals surface area contributed by atoms with Crippen LogP contribution >= 0.6 is 11.5 Å². The SMILES string of the molecule is CO[C@H]1/C=C/C[C@H](C)CS(=O)(NC(=O)c2cc(C)sn2)=NC(=O)c2ccc3c(c2)N(C[C@@H]2CC[C@H]21)C[C@@]1(CCCc2cc(C)ccc21)CO3. The van der Waals surface area contributed by atoms with Crippen LogP contribution in [-0.4, -0.2) is 59.1 Å². The molecule has 4 aliphatic rings. The summed E-state index contributed by atoms with van der Waals surface area (Å²) < 4.78 is 38.2. The summed E-state index contributed by atoms with van der Waals surface area (Å²) in [7, 11) is -1.73. The van der Waals surface area contributed by atoms with Gasteiger partial charge in [-0.3, -0.25) is 14.3 Å². The molecule has 1 saturated carbocycles. The van der Waals surface area contributed by atoms with Crippen molar-refractivity contribution in [3.8, 4) is 5.75 Å². The van der Waals surface area contributed by atoms with Crippen LogP contribution < -0.4 is 14.4 Å². The van der Waals surface area contributed by atoms with Gasteiger partial charge in [0.05, 0.1) is 24.2 Å². The lowest BCUT2D eigenvalue weighted by Crippen LogP contribution is -2.49. The highest BCUT2D eigenvalue weighted by Crippen LogP contribution is 2.47.